The quantitative estimate of drug-likeness (QED) is 0.723. The predicted octanol–water partition coefficient (Wildman–Crippen LogP) is 4.16. The Morgan fingerprint density at radius 3 is 2.12 bits per heavy atom. The molecule has 1 aromatic carbocycles. The average molecular weight is 230 g/mol. The highest BCUT2D eigenvalue weighted by Gasteiger charge is 2.27. The summed E-state index contributed by atoms with van der Waals surface area (Å²) in [5.41, 5.74) is 4.25. The van der Waals surface area contributed by atoms with Gasteiger partial charge in [-0.2, -0.15) is 5.10 Å². The molecule has 1 heterocycles. The van der Waals surface area contributed by atoms with Gasteiger partial charge >= 0.3 is 0 Å². The first-order chi connectivity index (χ1) is 7.71. The standard InChI is InChI=1S/C15H22N2/c1-14(2,3)11-8-7-10-9-16-17-13(10)12(11)15(4,5)6/h7-9H,1-6H3,(H,16,17). The number of hydrogen-bond acceptors (Lipinski definition) is 1. The molecule has 0 spiro atoms. The highest BCUT2D eigenvalue weighted by atomic mass is 15.1. The molecule has 0 aliphatic rings. The van der Waals surface area contributed by atoms with Crippen LogP contribution in [0.2, 0.25) is 0 Å². The van der Waals surface area contributed by atoms with Crippen LogP contribution in [0.1, 0.15) is 52.7 Å². The first kappa shape index (κ1) is 12.2. The maximum atomic E-state index is 4.17. The molecule has 2 rings (SSSR count). The lowest BCUT2D eigenvalue weighted by Crippen LogP contribution is -2.22. The summed E-state index contributed by atoms with van der Waals surface area (Å²) in [7, 11) is 0. The van der Waals surface area contributed by atoms with Crippen LogP contribution in [0.15, 0.2) is 18.3 Å². The molecule has 17 heavy (non-hydrogen) atoms. The van der Waals surface area contributed by atoms with Crippen LogP contribution < -0.4 is 0 Å². The van der Waals surface area contributed by atoms with Gasteiger partial charge in [-0.1, -0.05) is 53.7 Å². The Morgan fingerprint density at radius 2 is 1.59 bits per heavy atom. The Morgan fingerprint density at radius 1 is 0.941 bits per heavy atom. The van der Waals surface area contributed by atoms with E-state index in [-0.39, 0.29) is 10.8 Å². The van der Waals surface area contributed by atoms with Crippen molar-refractivity contribution in [2.45, 2.75) is 52.4 Å². The number of hydrogen-bond donors (Lipinski definition) is 1. The first-order valence-corrected chi connectivity index (χ1v) is 6.18. The number of nitrogens with zero attached hydrogens (tertiary/aromatic N) is 1. The largest absolute Gasteiger partial charge is 0.278 e. The van der Waals surface area contributed by atoms with Crippen molar-refractivity contribution in [3.63, 3.8) is 0 Å². The zero-order valence-corrected chi connectivity index (χ0v) is 11.7. The molecule has 1 N–H and O–H groups in total. The third-order valence-corrected chi connectivity index (χ3v) is 3.18. The maximum absolute atomic E-state index is 4.17. The zero-order chi connectivity index (χ0) is 12.8. The Kier molecular flexibility index (Phi) is 2.57. The van der Waals surface area contributed by atoms with Gasteiger partial charge in [0.25, 0.3) is 0 Å². The van der Waals surface area contributed by atoms with E-state index >= 15 is 0 Å². The van der Waals surface area contributed by atoms with Crippen LogP contribution in [0.3, 0.4) is 0 Å². The molecule has 2 aromatic rings. The summed E-state index contributed by atoms with van der Waals surface area (Å²) in [6.45, 7) is 13.6. The third kappa shape index (κ3) is 2.08. The third-order valence-electron chi connectivity index (χ3n) is 3.18. The monoisotopic (exact) mass is 230 g/mol. The number of aromatic amines is 1. The van der Waals surface area contributed by atoms with Crippen molar-refractivity contribution in [3.8, 4) is 0 Å². The molecule has 0 bridgehead atoms. The van der Waals surface area contributed by atoms with Gasteiger partial charge in [-0.15, -0.1) is 0 Å². The number of H-pyrrole nitrogens is 1. The Balaban J connectivity index is 2.85. The highest BCUT2D eigenvalue weighted by molar-refractivity contribution is 5.84. The van der Waals surface area contributed by atoms with E-state index in [4.69, 9.17) is 0 Å². The number of rotatable bonds is 0. The van der Waals surface area contributed by atoms with E-state index in [1.165, 1.54) is 22.0 Å². The van der Waals surface area contributed by atoms with Crippen molar-refractivity contribution in [2.75, 3.05) is 0 Å². The highest BCUT2D eigenvalue weighted by Crippen LogP contribution is 2.37. The number of aromatic nitrogens is 2. The molecule has 2 nitrogen and oxygen atoms in total. The van der Waals surface area contributed by atoms with Gasteiger partial charge in [0.15, 0.2) is 0 Å². The summed E-state index contributed by atoms with van der Waals surface area (Å²) >= 11 is 0. The molecular weight excluding hydrogens is 208 g/mol. The SMILES string of the molecule is CC(C)(C)c1ccc2cn[nH]c2c1C(C)(C)C. The molecular formula is C15H22N2. The van der Waals surface area contributed by atoms with Gasteiger partial charge in [0, 0.05) is 5.39 Å². The van der Waals surface area contributed by atoms with Crippen LogP contribution in [0.4, 0.5) is 0 Å². The normalized spacial score (nSPS) is 13.3. The summed E-state index contributed by atoms with van der Waals surface area (Å²) in [5, 5.41) is 8.53. The number of benzene rings is 1. The molecule has 2 heteroatoms. The fraction of sp³-hybridized carbons (Fsp3) is 0.533. The summed E-state index contributed by atoms with van der Waals surface area (Å²) in [5.74, 6) is 0. The van der Waals surface area contributed by atoms with E-state index in [1.807, 2.05) is 6.20 Å². The van der Waals surface area contributed by atoms with Crippen molar-refractivity contribution in [1.29, 1.82) is 0 Å². The number of fused-ring (bicyclic) bond motifs is 1. The minimum atomic E-state index is 0.120. The molecule has 0 unspecified atom stereocenters. The Labute approximate surface area is 103 Å². The molecule has 0 amide bonds. The van der Waals surface area contributed by atoms with Crippen LogP contribution in [0.5, 0.6) is 0 Å². The second-order valence-corrected chi connectivity index (χ2v) is 6.82. The van der Waals surface area contributed by atoms with E-state index in [1.54, 1.807) is 0 Å². The van der Waals surface area contributed by atoms with Gasteiger partial charge < -0.3 is 0 Å². The van der Waals surface area contributed by atoms with Crippen molar-refractivity contribution >= 4 is 10.9 Å². The minimum absolute atomic E-state index is 0.120. The summed E-state index contributed by atoms with van der Waals surface area (Å²) in [6.07, 6.45) is 1.90. The Bertz CT molecular complexity index is 536. The molecule has 0 aliphatic carbocycles. The van der Waals surface area contributed by atoms with Gasteiger partial charge in [0.2, 0.25) is 0 Å². The summed E-state index contributed by atoms with van der Waals surface area (Å²) in [6, 6.07) is 4.41. The minimum Gasteiger partial charge on any atom is -0.278 e. The lowest BCUT2D eigenvalue weighted by molar-refractivity contribution is 0.533. The van der Waals surface area contributed by atoms with E-state index < -0.39 is 0 Å². The fourth-order valence-corrected chi connectivity index (χ4v) is 2.42. The fourth-order valence-electron chi connectivity index (χ4n) is 2.42. The van der Waals surface area contributed by atoms with E-state index in [0.29, 0.717) is 0 Å². The summed E-state index contributed by atoms with van der Waals surface area (Å²) < 4.78 is 0. The van der Waals surface area contributed by atoms with Gasteiger partial charge in [-0.3, -0.25) is 5.10 Å². The average Bonchev–Trinajstić information content (AvgIpc) is 2.59. The van der Waals surface area contributed by atoms with Crippen LogP contribution in [-0.2, 0) is 10.8 Å². The van der Waals surface area contributed by atoms with Crippen molar-refractivity contribution in [3.05, 3.63) is 29.5 Å². The molecule has 0 aliphatic heterocycles. The van der Waals surface area contributed by atoms with Crippen molar-refractivity contribution < 1.29 is 0 Å². The molecule has 92 valence electrons. The van der Waals surface area contributed by atoms with Gasteiger partial charge in [0.1, 0.15) is 0 Å². The molecule has 0 radical (unpaired) electrons. The molecule has 0 atom stereocenters. The van der Waals surface area contributed by atoms with Crippen LogP contribution in [0.25, 0.3) is 10.9 Å². The molecule has 0 fully saturated rings. The predicted molar refractivity (Wildman–Crippen MR) is 73.5 cm³/mol. The van der Waals surface area contributed by atoms with E-state index in [2.05, 4.69) is 63.9 Å². The smallest absolute Gasteiger partial charge is 0.0690 e. The van der Waals surface area contributed by atoms with E-state index in [9.17, 15) is 0 Å². The lowest BCUT2D eigenvalue weighted by Gasteiger charge is -2.30. The topological polar surface area (TPSA) is 28.7 Å². The van der Waals surface area contributed by atoms with Crippen LogP contribution >= 0.6 is 0 Å². The number of nitrogens with one attached hydrogen (secondary N) is 1. The second-order valence-electron chi connectivity index (χ2n) is 6.82. The van der Waals surface area contributed by atoms with Crippen molar-refractivity contribution in [1.82, 2.24) is 10.2 Å². The maximum Gasteiger partial charge on any atom is 0.0690 e. The van der Waals surface area contributed by atoms with Crippen molar-refractivity contribution in [2.24, 2.45) is 0 Å². The van der Waals surface area contributed by atoms with Gasteiger partial charge in [-0.25, -0.2) is 0 Å². The first-order valence-electron chi connectivity index (χ1n) is 6.18. The van der Waals surface area contributed by atoms with Crippen LogP contribution in [0, 0.1) is 0 Å². The summed E-state index contributed by atoms with van der Waals surface area (Å²) in [4.78, 5) is 0. The Hall–Kier alpha value is -1.31. The second kappa shape index (κ2) is 3.59. The van der Waals surface area contributed by atoms with Gasteiger partial charge in [-0.05, 0) is 22.0 Å². The van der Waals surface area contributed by atoms with Gasteiger partial charge in [0.05, 0.1) is 11.7 Å². The molecule has 0 saturated heterocycles. The van der Waals surface area contributed by atoms with Crippen LogP contribution in [-0.4, -0.2) is 10.2 Å². The molecule has 1 aromatic heterocycles. The van der Waals surface area contributed by atoms with E-state index in [0.717, 1.165) is 0 Å². The lowest BCUT2D eigenvalue weighted by atomic mass is 9.74. The molecule has 0 saturated carbocycles. The zero-order valence-electron chi connectivity index (χ0n) is 11.7.